The number of rotatable bonds is 12. The van der Waals surface area contributed by atoms with Gasteiger partial charge < -0.3 is 9.64 Å². The SMILES string of the molecule is CCOC(=O)[C@@H]([C@@H](C)C1CCC1)N1C[C@H](CN2CCC(CCC(F)(F)c3ccc(I)cc3)CC2)[C@@H](c2cccc(F)c2)C1. The van der Waals surface area contributed by atoms with Crippen molar-refractivity contribution in [2.75, 3.05) is 39.3 Å². The third-order valence-corrected chi connectivity index (χ3v) is 11.1. The highest BCUT2D eigenvalue weighted by Gasteiger charge is 2.45. The van der Waals surface area contributed by atoms with E-state index in [0.717, 1.165) is 61.0 Å². The highest BCUT2D eigenvalue weighted by atomic mass is 127. The molecule has 43 heavy (non-hydrogen) atoms. The Labute approximate surface area is 268 Å². The topological polar surface area (TPSA) is 32.8 Å². The minimum absolute atomic E-state index is 0.104. The maximum atomic E-state index is 14.9. The summed E-state index contributed by atoms with van der Waals surface area (Å²) in [5.41, 5.74) is 1.09. The van der Waals surface area contributed by atoms with Crippen LogP contribution in [0.5, 0.6) is 0 Å². The Morgan fingerprint density at radius 2 is 1.79 bits per heavy atom. The molecule has 2 aromatic rings. The first-order valence-corrected chi connectivity index (χ1v) is 17.2. The van der Waals surface area contributed by atoms with E-state index < -0.39 is 5.92 Å². The zero-order chi connectivity index (χ0) is 30.6. The van der Waals surface area contributed by atoms with Crippen molar-refractivity contribution in [2.45, 2.75) is 76.7 Å². The lowest BCUT2D eigenvalue weighted by atomic mass is 9.73. The van der Waals surface area contributed by atoms with Crippen LogP contribution < -0.4 is 0 Å². The summed E-state index contributed by atoms with van der Waals surface area (Å²) >= 11 is 2.14. The van der Waals surface area contributed by atoms with Crippen LogP contribution >= 0.6 is 22.6 Å². The van der Waals surface area contributed by atoms with Crippen molar-refractivity contribution in [2.24, 2.45) is 23.7 Å². The Balaban J connectivity index is 1.22. The molecule has 0 N–H and O–H groups in total. The second-order valence-electron chi connectivity index (χ2n) is 13.1. The van der Waals surface area contributed by atoms with Gasteiger partial charge in [0.25, 0.3) is 5.92 Å². The third kappa shape index (κ3) is 8.15. The maximum Gasteiger partial charge on any atom is 0.323 e. The summed E-state index contributed by atoms with van der Waals surface area (Å²) in [5.74, 6) is -1.77. The summed E-state index contributed by atoms with van der Waals surface area (Å²) < 4.78 is 50.7. The summed E-state index contributed by atoms with van der Waals surface area (Å²) in [6.07, 6.45) is 5.77. The van der Waals surface area contributed by atoms with E-state index in [1.54, 1.807) is 36.4 Å². The molecule has 0 spiro atoms. The Bertz CT molecular complexity index is 1200. The molecule has 8 heteroatoms. The first kappa shape index (κ1) is 32.7. The lowest BCUT2D eigenvalue weighted by Gasteiger charge is -2.39. The van der Waals surface area contributed by atoms with Crippen LogP contribution in [0.4, 0.5) is 13.2 Å². The van der Waals surface area contributed by atoms with Gasteiger partial charge in [0.1, 0.15) is 11.9 Å². The molecule has 2 aromatic carbocycles. The molecule has 4 nitrogen and oxygen atoms in total. The van der Waals surface area contributed by atoms with Gasteiger partial charge >= 0.3 is 5.97 Å². The molecule has 3 aliphatic rings. The maximum absolute atomic E-state index is 14.9. The third-order valence-electron chi connectivity index (χ3n) is 10.4. The Hall–Kier alpha value is -1.65. The lowest BCUT2D eigenvalue weighted by molar-refractivity contribution is -0.152. The van der Waals surface area contributed by atoms with Gasteiger partial charge in [-0.05, 0) is 115 Å². The van der Waals surface area contributed by atoms with Crippen molar-refractivity contribution < 1.29 is 22.7 Å². The van der Waals surface area contributed by atoms with Crippen molar-refractivity contribution in [1.29, 1.82) is 0 Å². The predicted octanol–water partition coefficient (Wildman–Crippen LogP) is 8.10. The molecule has 1 saturated carbocycles. The number of alkyl halides is 2. The van der Waals surface area contributed by atoms with Crippen molar-refractivity contribution in [1.82, 2.24) is 9.80 Å². The Kier molecular flexibility index (Phi) is 11.1. The van der Waals surface area contributed by atoms with Gasteiger partial charge in [0.05, 0.1) is 6.61 Å². The van der Waals surface area contributed by atoms with Gasteiger partial charge in [-0.25, -0.2) is 13.2 Å². The smallest absolute Gasteiger partial charge is 0.323 e. The second-order valence-corrected chi connectivity index (χ2v) is 14.4. The molecule has 4 atom stereocenters. The average molecular weight is 711 g/mol. The molecule has 0 bridgehead atoms. The molecular formula is C35H46F3IN2O2. The van der Waals surface area contributed by atoms with Gasteiger partial charge in [-0.1, -0.05) is 50.5 Å². The highest BCUT2D eigenvalue weighted by molar-refractivity contribution is 14.1. The van der Waals surface area contributed by atoms with Crippen molar-refractivity contribution in [3.05, 3.63) is 69.0 Å². The molecular weight excluding hydrogens is 664 g/mol. The van der Waals surface area contributed by atoms with E-state index in [-0.39, 0.29) is 47.6 Å². The minimum atomic E-state index is -2.81. The van der Waals surface area contributed by atoms with E-state index in [1.165, 1.54) is 12.5 Å². The molecule has 2 saturated heterocycles. The van der Waals surface area contributed by atoms with E-state index in [9.17, 15) is 18.0 Å². The van der Waals surface area contributed by atoms with Crippen molar-refractivity contribution in [3.63, 3.8) is 0 Å². The fourth-order valence-corrected chi connectivity index (χ4v) is 7.95. The van der Waals surface area contributed by atoms with Gasteiger partial charge in [-0.2, -0.15) is 0 Å². The first-order chi connectivity index (χ1) is 20.6. The van der Waals surface area contributed by atoms with Crippen LogP contribution in [0.25, 0.3) is 0 Å². The molecule has 2 aliphatic heterocycles. The van der Waals surface area contributed by atoms with Crippen LogP contribution in [0.1, 0.15) is 75.8 Å². The monoisotopic (exact) mass is 710 g/mol. The van der Waals surface area contributed by atoms with Crippen molar-refractivity contribution in [3.8, 4) is 0 Å². The first-order valence-electron chi connectivity index (χ1n) is 16.2. The van der Waals surface area contributed by atoms with Crippen LogP contribution in [0.3, 0.4) is 0 Å². The molecule has 1 aliphatic carbocycles. The van der Waals surface area contributed by atoms with Crippen LogP contribution in [0, 0.1) is 33.1 Å². The number of nitrogens with zero attached hydrogens (tertiary/aromatic N) is 2. The minimum Gasteiger partial charge on any atom is -0.465 e. The van der Waals surface area contributed by atoms with Crippen LogP contribution in [0.2, 0.25) is 0 Å². The second kappa shape index (κ2) is 14.6. The number of carbonyl (C=O) groups excluding carboxylic acids is 1. The quantitative estimate of drug-likeness (QED) is 0.165. The summed E-state index contributed by atoms with van der Waals surface area (Å²) in [6, 6.07) is 13.2. The molecule has 3 fully saturated rings. The van der Waals surface area contributed by atoms with Crippen LogP contribution in [-0.2, 0) is 15.5 Å². The summed E-state index contributed by atoms with van der Waals surface area (Å²) in [5, 5.41) is 0. The van der Waals surface area contributed by atoms with E-state index in [2.05, 4.69) is 39.3 Å². The zero-order valence-corrected chi connectivity index (χ0v) is 27.7. The number of benzene rings is 2. The number of hydrogen-bond donors (Lipinski definition) is 0. The molecule has 0 aromatic heterocycles. The molecule has 0 amide bonds. The summed E-state index contributed by atoms with van der Waals surface area (Å²) in [6.45, 7) is 8.51. The Morgan fingerprint density at radius 3 is 2.42 bits per heavy atom. The average Bonchev–Trinajstić information content (AvgIpc) is 3.35. The zero-order valence-electron chi connectivity index (χ0n) is 25.5. The van der Waals surface area contributed by atoms with Crippen LogP contribution in [-0.4, -0.2) is 61.1 Å². The highest BCUT2D eigenvalue weighted by Crippen LogP contribution is 2.42. The van der Waals surface area contributed by atoms with E-state index in [4.69, 9.17) is 4.74 Å². The van der Waals surface area contributed by atoms with Gasteiger partial charge in [-0.15, -0.1) is 0 Å². The molecule has 5 rings (SSSR count). The largest absolute Gasteiger partial charge is 0.465 e. The fraction of sp³-hybridized carbons (Fsp3) is 0.629. The number of carbonyl (C=O) groups is 1. The van der Waals surface area contributed by atoms with Gasteiger partial charge in [0, 0.05) is 41.1 Å². The molecule has 2 heterocycles. The number of hydrogen-bond acceptors (Lipinski definition) is 4. The van der Waals surface area contributed by atoms with Gasteiger partial charge in [0.15, 0.2) is 0 Å². The number of esters is 1. The number of ether oxygens (including phenoxy) is 1. The number of piperidine rings is 1. The molecule has 0 unspecified atom stereocenters. The molecule has 236 valence electrons. The summed E-state index contributed by atoms with van der Waals surface area (Å²) in [4.78, 5) is 18.1. The van der Waals surface area contributed by atoms with E-state index in [1.807, 2.05) is 13.0 Å². The van der Waals surface area contributed by atoms with Crippen LogP contribution in [0.15, 0.2) is 48.5 Å². The van der Waals surface area contributed by atoms with Gasteiger partial charge in [-0.3, -0.25) is 9.69 Å². The fourth-order valence-electron chi connectivity index (χ4n) is 7.59. The van der Waals surface area contributed by atoms with Gasteiger partial charge in [0.2, 0.25) is 0 Å². The predicted molar refractivity (Wildman–Crippen MR) is 173 cm³/mol. The number of likely N-dealkylation sites (tertiary alicyclic amines) is 2. The normalized spacial score (nSPS) is 24.0. The van der Waals surface area contributed by atoms with E-state index in [0.29, 0.717) is 31.4 Å². The lowest BCUT2D eigenvalue weighted by Crippen LogP contribution is -2.49. The van der Waals surface area contributed by atoms with E-state index >= 15 is 0 Å². The summed E-state index contributed by atoms with van der Waals surface area (Å²) in [7, 11) is 0. The van der Waals surface area contributed by atoms with Crippen molar-refractivity contribution >= 4 is 28.6 Å². The standard InChI is InChI=1S/C35H46F3IN2O2/c1-3-43-34(42)33(24(2)26-6-4-7-26)41-22-28(32(23-41)27-8-5-9-30(36)20-27)21-40-18-15-25(16-19-40)14-17-35(37,38)29-10-12-31(39)13-11-29/h5,8-13,20,24-26,28,32-33H,3-4,6-7,14-19,21-23H2,1-2H3/t24-,28-,32+,33+/m0/s1. The molecule has 0 radical (unpaired) electrons. The Morgan fingerprint density at radius 1 is 1.07 bits per heavy atom. The number of halogens is 4.